The highest BCUT2D eigenvalue weighted by molar-refractivity contribution is 9.10. The van der Waals surface area contributed by atoms with Crippen LogP contribution in [0.4, 0.5) is 0 Å². The number of aryl methyl sites for hydroxylation is 2. The zero-order valence-electron chi connectivity index (χ0n) is 9.12. The van der Waals surface area contributed by atoms with Crippen LogP contribution in [0.2, 0.25) is 0 Å². The molecule has 2 nitrogen and oxygen atoms in total. The summed E-state index contributed by atoms with van der Waals surface area (Å²) >= 11 is 5.02. The largest absolute Gasteiger partial charge is 0.389 e. The molecule has 1 N–H and O–H groups in total. The van der Waals surface area contributed by atoms with E-state index in [1.165, 1.54) is 5.56 Å². The van der Waals surface area contributed by atoms with Gasteiger partial charge in [-0.15, -0.1) is 11.3 Å². The van der Waals surface area contributed by atoms with Gasteiger partial charge in [-0.2, -0.15) is 0 Å². The molecular weight excluding hydrogens is 286 g/mol. The number of hydrogen-bond donors (Lipinski definition) is 1. The minimum absolute atomic E-state index is 0.0125. The van der Waals surface area contributed by atoms with Crippen LogP contribution in [0.25, 0.3) is 11.3 Å². The highest BCUT2D eigenvalue weighted by Crippen LogP contribution is 2.31. The Kier molecular flexibility index (Phi) is 3.42. The molecule has 0 amide bonds. The summed E-state index contributed by atoms with van der Waals surface area (Å²) in [6.07, 6.45) is 0. The molecule has 1 heterocycles. The first-order valence-electron chi connectivity index (χ1n) is 4.95. The van der Waals surface area contributed by atoms with E-state index in [1.54, 1.807) is 11.3 Å². The number of aromatic nitrogens is 1. The van der Waals surface area contributed by atoms with Crippen molar-refractivity contribution in [2.24, 2.45) is 0 Å². The van der Waals surface area contributed by atoms with Gasteiger partial charge in [-0.3, -0.25) is 0 Å². The van der Waals surface area contributed by atoms with Crippen LogP contribution >= 0.6 is 27.3 Å². The smallest absolute Gasteiger partial charge is 0.119 e. The highest BCUT2D eigenvalue weighted by Gasteiger charge is 2.11. The molecule has 0 atom stereocenters. The van der Waals surface area contributed by atoms with Gasteiger partial charge < -0.3 is 5.11 Å². The number of rotatable bonds is 2. The molecule has 0 fully saturated rings. The Morgan fingerprint density at radius 2 is 2.12 bits per heavy atom. The summed E-state index contributed by atoms with van der Waals surface area (Å²) in [5.41, 5.74) is 3.30. The monoisotopic (exact) mass is 297 g/mol. The van der Waals surface area contributed by atoms with Gasteiger partial charge in [-0.1, -0.05) is 22.0 Å². The summed E-state index contributed by atoms with van der Waals surface area (Å²) in [5, 5.41) is 9.86. The summed E-state index contributed by atoms with van der Waals surface area (Å²) in [7, 11) is 0. The average molecular weight is 298 g/mol. The molecule has 0 spiro atoms. The van der Waals surface area contributed by atoms with E-state index in [-0.39, 0.29) is 6.61 Å². The van der Waals surface area contributed by atoms with Crippen molar-refractivity contribution < 1.29 is 5.11 Å². The third kappa shape index (κ3) is 2.19. The van der Waals surface area contributed by atoms with E-state index < -0.39 is 0 Å². The second kappa shape index (κ2) is 4.65. The number of thiazole rings is 1. The van der Waals surface area contributed by atoms with E-state index in [1.807, 2.05) is 13.0 Å². The van der Waals surface area contributed by atoms with Gasteiger partial charge in [0.2, 0.25) is 0 Å². The first kappa shape index (κ1) is 11.8. The molecule has 0 bridgehead atoms. The predicted octanol–water partition coefficient (Wildman–Crippen LogP) is 3.68. The van der Waals surface area contributed by atoms with Gasteiger partial charge in [0.1, 0.15) is 5.01 Å². The second-order valence-electron chi connectivity index (χ2n) is 3.63. The van der Waals surface area contributed by atoms with Gasteiger partial charge in [0.25, 0.3) is 0 Å². The van der Waals surface area contributed by atoms with Gasteiger partial charge in [-0.25, -0.2) is 4.98 Å². The van der Waals surface area contributed by atoms with Crippen LogP contribution in [0.3, 0.4) is 0 Å². The lowest BCUT2D eigenvalue weighted by atomic mass is 10.1. The van der Waals surface area contributed by atoms with E-state index in [0.717, 1.165) is 25.6 Å². The molecule has 0 aliphatic heterocycles. The van der Waals surface area contributed by atoms with Crippen LogP contribution in [-0.4, -0.2) is 10.1 Å². The molecule has 1 aromatic heterocycles. The topological polar surface area (TPSA) is 33.1 Å². The van der Waals surface area contributed by atoms with Crippen LogP contribution in [-0.2, 0) is 6.61 Å². The maximum Gasteiger partial charge on any atom is 0.119 e. The normalized spacial score (nSPS) is 10.8. The number of hydrogen-bond acceptors (Lipinski definition) is 3. The van der Waals surface area contributed by atoms with E-state index in [9.17, 15) is 0 Å². The van der Waals surface area contributed by atoms with Gasteiger partial charge in [0.15, 0.2) is 0 Å². The van der Waals surface area contributed by atoms with Crippen molar-refractivity contribution in [3.8, 4) is 11.3 Å². The minimum Gasteiger partial charge on any atom is -0.389 e. The molecule has 84 valence electrons. The van der Waals surface area contributed by atoms with E-state index in [2.05, 4.69) is 40.0 Å². The molecular formula is C12H12BrNOS. The van der Waals surface area contributed by atoms with Crippen LogP contribution in [0.1, 0.15) is 15.4 Å². The van der Waals surface area contributed by atoms with Crippen molar-refractivity contribution in [1.29, 1.82) is 0 Å². The first-order valence-corrected chi connectivity index (χ1v) is 6.56. The van der Waals surface area contributed by atoms with Gasteiger partial charge in [0, 0.05) is 14.9 Å². The highest BCUT2D eigenvalue weighted by atomic mass is 79.9. The Morgan fingerprint density at radius 3 is 2.75 bits per heavy atom. The van der Waals surface area contributed by atoms with Crippen molar-refractivity contribution in [2.75, 3.05) is 0 Å². The lowest BCUT2D eigenvalue weighted by molar-refractivity contribution is 0.281. The summed E-state index contributed by atoms with van der Waals surface area (Å²) < 4.78 is 1.05. The standard InChI is InChI=1S/C12H12BrNOS/c1-7-3-4-9(13)5-10(7)12-8(2)16-11(6-15)14-12/h3-5,15H,6H2,1-2H3. The minimum atomic E-state index is 0.0125. The second-order valence-corrected chi connectivity index (χ2v) is 5.83. The third-order valence-corrected chi connectivity index (χ3v) is 3.88. The summed E-state index contributed by atoms with van der Waals surface area (Å²) in [4.78, 5) is 5.59. The maximum absolute atomic E-state index is 9.08. The summed E-state index contributed by atoms with van der Waals surface area (Å²) in [6, 6.07) is 6.16. The average Bonchev–Trinajstić information content (AvgIpc) is 2.63. The Bertz CT molecular complexity index is 522. The number of aliphatic hydroxyl groups excluding tert-OH is 1. The number of halogens is 1. The van der Waals surface area contributed by atoms with E-state index in [4.69, 9.17) is 5.11 Å². The predicted molar refractivity (Wildman–Crippen MR) is 70.6 cm³/mol. The number of nitrogens with zero attached hydrogens (tertiary/aromatic N) is 1. The molecule has 0 unspecified atom stereocenters. The first-order chi connectivity index (χ1) is 7.61. The van der Waals surface area contributed by atoms with Gasteiger partial charge in [0.05, 0.1) is 12.3 Å². The fourth-order valence-corrected chi connectivity index (χ4v) is 2.79. The lowest BCUT2D eigenvalue weighted by Gasteiger charge is -2.04. The molecule has 16 heavy (non-hydrogen) atoms. The van der Waals surface area contributed by atoms with Crippen LogP contribution in [0.15, 0.2) is 22.7 Å². The molecule has 0 aliphatic carbocycles. The molecule has 0 radical (unpaired) electrons. The molecule has 2 rings (SSSR count). The molecule has 0 saturated heterocycles. The van der Waals surface area contributed by atoms with E-state index in [0.29, 0.717) is 0 Å². The van der Waals surface area contributed by atoms with Crippen molar-refractivity contribution in [3.05, 3.63) is 38.1 Å². The van der Waals surface area contributed by atoms with Crippen molar-refractivity contribution in [3.63, 3.8) is 0 Å². The molecule has 2 aromatic rings. The maximum atomic E-state index is 9.08. The Hall–Kier alpha value is -0.710. The molecule has 1 aromatic carbocycles. The Balaban J connectivity index is 2.57. The van der Waals surface area contributed by atoms with Crippen molar-refractivity contribution in [1.82, 2.24) is 4.98 Å². The summed E-state index contributed by atoms with van der Waals surface area (Å²) in [6.45, 7) is 4.12. The SMILES string of the molecule is Cc1ccc(Br)cc1-c1nc(CO)sc1C. The lowest BCUT2D eigenvalue weighted by Crippen LogP contribution is -1.87. The quantitative estimate of drug-likeness (QED) is 0.917. The van der Waals surface area contributed by atoms with Crippen molar-refractivity contribution in [2.45, 2.75) is 20.5 Å². The fourth-order valence-electron chi connectivity index (χ4n) is 1.62. The van der Waals surface area contributed by atoms with Crippen LogP contribution in [0, 0.1) is 13.8 Å². The zero-order valence-corrected chi connectivity index (χ0v) is 11.5. The molecule has 0 aliphatic rings. The van der Waals surface area contributed by atoms with Crippen LogP contribution in [0.5, 0.6) is 0 Å². The Labute approximate surface area is 107 Å². The van der Waals surface area contributed by atoms with Crippen LogP contribution < -0.4 is 0 Å². The third-order valence-electron chi connectivity index (χ3n) is 2.43. The van der Waals surface area contributed by atoms with Gasteiger partial charge >= 0.3 is 0 Å². The van der Waals surface area contributed by atoms with Crippen molar-refractivity contribution >= 4 is 27.3 Å². The number of benzene rings is 1. The molecule has 0 saturated carbocycles. The molecule has 4 heteroatoms. The fraction of sp³-hybridized carbons (Fsp3) is 0.250. The van der Waals surface area contributed by atoms with E-state index >= 15 is 0 Å². The number of aliphatic hydroxyl groups is 1. The zero-order chi connectivity index (χ0) is 11.7. The van der Waals surface area contributed by atoms with Gasteiger partial charge in [-0.05, 0) is 31.5 Å². The summed E-state index contributed by atoms with van der Waals surface area (Å²) in [5.74, 6) is 0. The Morgan fingerprint density at radius 1 is 1.38 bits per heavy atom.